The van der Waals surface area contributed by atoms with E-state index in [1.165, 1.54) is 6.20 Å². The number of carbonyl (C=O) groups excluding carboxylic acids is 1. The first-order chi connectivity index (χ1) is 8.60. The van der Waals surface area contributed by atoms with E-state index in [4.69, 9.17) is 5.73 Å². The van der Waals surface area contributed by atoms with Crippen molar-refractivity contribution in [1.82, 2.24) is 14.8 Å². The molecule has 94 valence electrons. The summed E-state index contributed by atoms with van der Waals surface area (Å²) in [5, 5.41) is 6.98. The maximum Gasteiger partial charge on any atom is 0.273 e. The van der Waals surface area contributed by atoms with Gasteiger partial charge in [-0.25, -0.2) is 4.98 Å². The summed E-state index contributed by atoms with van der Waals surface area (Å²) in [5.41, 5.74) is 7.44. The summed E-state index contributed by atoms with van der Waals surface area (Å²) in [6, 6.07) is 5.10. The zero-order valence-corrected chi connectivity index (χ0v) is 10.3. The Morgan fingerprint density at radius 2 is 2.28 bits per heavy atom. The smallest absolute Gasteiger partial charge is 0.273 e. The van der Waals surface area contributed by atoms with Gasteiger partial charge in [-0.2, -0.15) is 5.10 Å². The average Bonchev–Trinajstić information content (AvgIpc) is 2.73. The van der Waals surface area contributed by atoms with E-state index < -0.39 is 0 Å². The Morgan fingerprint density at radius 3 is 2.89 bits per heavy atom. The number of rotatable bonds is 3. The van der Waals surface area contributed by atoms with Gasteiger partial charge in [0, 0.05) is 6.54 Å². The van der Waals surface area contributed by atoms with Crippen molar-refractivity contribution in [3.63, 3.8) is 0 Å². The second-order valence-corrected chi connectivity index (χ2v) is 3.91. The lowest BCUT2D eigenvalue weighted by molar-refractivity contribution is 0.101. The van der Waals surface area contributed by atoms with Gasteiger partial charge in [0.2, 0.25) is 0 Å². The molecule has 2 rings (SSSR count). The van der Waals surface area contributed by atoms with Crippen molar-refractivity contribution < 1.29 is 4.79 Å². The molecular weight excluding hydrogens is 230 g/mol. The molecule has 0 atom stereocenters. The number of anilines is 2. The Labute approximate surface area is 105 Å². The number of hydrogen-bond donors (Lipinski definition) is 2. The van der Waals surface area contributed by atoms with E-state index in [0.717, 1.165) is 5.69 Å². The van der Waals surface area contributed by atoms with E-state index in [0.29, 0.717) is 23.7 Å². The van der Waals surface area contributed by atoms with E-state index in [2.05, 4.69) is 15.4 Å². The molecule has 0 saturated heterocycles. The maximum atomic E-state index is 12.1. The van der Waals surface area contributed by atoms with Gasteiger partial charge in [0.25, 0.3) is 5.91 Å². The fourth-order valence-electron chi connectivity index (χ4n) is 1.64. The molecule has 0 unspecified atom stereocenters. The molecule has 2 aromatic rings. The van der Waals surface area contributed by atoms with Crippen LogP contribution in [0.25, 0.3) is 0 Å². The fraction of sp³-hybridized carbons (Fsp3) is 0.250. The average molecular weight is 245 g/mol. The third-order valence-corrected chi connectivity index (χ3v) is 2.48. The summed E-state index contributed by atoms with van der Waals surface area (Å²) < 4.78 is 1.66. The van der Waals surface area contributed by atoms with Gasteiger partial charge < -0.3 is 11.1 Å². The Balaban J connectivity index is 2.19. The summed E-state index contributed by atoms with van der Waals surface area (Å²) in [5.74, 6) is 0.214. The molecule has 0 radical (unpaired) electrons. The summed E-state index contributed by atoms with van der Waals surface area (Å²) in [6.45, 7) is 4.44. The summed E-state index contributed by atoms with van der Waals surface area (Å²) >= 11 is 0. The van der Waals surface area contributed by atoms with E-state index in [1.54, 1.807) is 22.9 Å². The van der Waals surface area contributed by atoms with E-state index in [-0.39, 0.29) is 5.91 Å². The molecule has 0 fully saturated rings. The van der Waals surface area contributed by atoms with Crippen molar-refractivity contribution in [2.75, 3.05) is 11.1 Å². The SMILES string of the molecule is CCn1nc(C)cc1C(=O)Nc1ccc(N)nc1. The molecule has 0 saturated carbocycles. The molecule has 0 aliphatic rings. The zero-order chi connectivity index (χ0) is 13.1. The van der Waals surface area contributed by atoms with Crippen LogP contribution in [0.15, 0.2) is 24.4 Å². The van der Waals surface area contributed by atoms with Gasteiger partial charge >= 0.3 is 0 Å². The maximum absolute atomic E-state index is 12.1. The number of nitrogens with zero attached hydrogens (tertiary/aromatic N) is 3. The molecule has 2 aromatic heterocycles. The van der Waals surface area contributed by atoms with Crippen molar-refractivity contribution >= 4 is 17.4 Å². The second-order valence-electron chi connectivity index (χ2n) is 3.91. The molecule has 2 heterocycles. The van der Waals surface area contributed by atoms with Crippen molar-refractivity contribution in [2.24, 2.45) is 0 Å². The molecule has 0 aliphatic heterocycles. The molecule has 1 amide bonds. The quantitative estimate of drug-likeness (QED) is 0.856. The number of nitrogens with two attached hydrogens (primary N) is 1. The minimum Gasteiger partial charge on any atom is -0.384 e. The molecule has 3 N–H and O–H groups in total. The topological polar surface area (TPSA) is 85.8 Å². The first kappa shape index (κ1) is 12.1. The lowest BCUT2D eigenvalue weighted by Gasteiger charge is -2.06. The molecule has 0 spiro atoms. The number of carbonyl (C=O) groups is 1. The lowest BCUT2D eigenvalue weighted by atomic mass is 10.3. The Morgan fingerprint density at radius 1 is 1.50 bits per heavy atom. The first-order valence-electron chi connectivity index (χ1n) is 5.67. The largest absolute Gasteiger partial charge is 0.384 e. The Kier molecular flexibility index (Phi) is 3.27. The van der Waals surface area contributed by atoms with Crippen molar-refractivity contribution in [2.45, 2.75) is 20.4 Å². The van der Waals surface area contributed by atoms with Crippen molar-refractivity contribution in [3.8, 4) is 0 Å². The lowest BCUT2D eigenvalue weighted by Crippen LogP contribution is -2.17. The minimum absolute atomic E-state index is 0.205. The highest BCUT2D eigenvalue weighted by molar-refractivity contribution is 6.03. The van der Waals surface area contributed by atoms with Crippen LogP contribution in [0.3, 0.4) is 0 Å². The summed E-state index contributed by atoms with van der Waals surface area (Å²) in [4.78, 5) is 16.0. The highest BCUT2D eigenvalue weighted by Crippen LogP contribution is 2.10. The number of amides is 1. The fourth-order valence-corrected chi connectivity index (χ4v) is 1.64. The van der Waals surface area contributed by atoms with E-state index in [1.807, 2.05) is 13.8 Å². The van der Waals surface area contributed by atoms with Crippen LogP contribution >= 0.6 is 0 Å². The van der Waals surface area contributed by atoms with Gasteiger partial charge in [-0.15, -0.1) is 0 Å². The Hall–Kier alpha value is -2.37. The predicted octanol–water partition coefficient (Wildman–Crippen LogP) is 1.44. The number of nitrogen functional groups attached to an aromatic ring is 1. The van der Waals surface area contributed by atoms with Gasteiger partial charge in [-0.05, 0) is 32.0 Å². The van der Waals surface area contributed by atoms with Crippen LogP contribution in [0.4, 0.5) is 11.5 Å². The normalized spacial score (nSPS) is 10.3. The summed E-state index contributed by atoms with van der Waals surface area (Å²) in [7, 11) is 0. The Bertz CT molecular complexity index is 558. The number of aryl methyl sites for hydroxylation is 2. The minimum atomic E-state index is -0.205. The van der Waals surface area contributed by atoms with Crippen LogP contribution in [0.2, 0.25) is 0 Å². The zero-order valence-electron chi connectivity index (χ0n) is 10.3. The molecule has 6 nitrogen and oxygen atoms in total. The standard InChI is InChI=1S/C12H15N5O/c1-3-17-10(6-8(2)16-17)12(18)15-9-4-5-11(13)14-7-9/h4-7H,3H2,1-2H3,(H2,13,14)(H,15,18). The van der Waals surface area contributed by atoms with Crippen LogP contribution in [-0.2, 0) is 6.54 Å². The third-order valence-electron chi connectivity index (χ3n) is 2.48. The predicted molar refractivity (Wildman–Crippen MR) is 69.2 cm³/mol. The third kappa shape index (κ3) is 2.48. The molecular formula is C12H15N5O. The summed E-state index contributed by atoms with van der Waals surface area (Å²) in [6.07, 6.45) is 1.52. The second kappa shape index (κ2) is 4.87. The van der Waals surface area contributed by atoms with Crippen molar-refractivity contribution in [3.05, 3.63) is 35.8 Å². The van der Waals surface area contributed by atoms with Gasteiger partial charge in [-0.1, -0.05) is 0 Å². The number of aromatic nitrogens is 3. The first-order valence-corrected chi connectivity index (χ1v) is 5.67. The van der Waals surface area contributed by atoms with Gasteiger partial charge in [-0.3, -0.25) is 9.48 Å². The van der Waals surface area contributed by atoms with E-state index >= 15 is 0 Å². The molecule has 0 bridgehead atoms. The highest BCUT2D eigenvalue weighted by Gasteiger charge is 2.13. The van der Waals surface area contributed by atoms with Gasteiger partial charge in [0.15, 0.2) is 0 Å². The number of hydrogen-bond acceptors (Lipinski definition) is 4. The van der Waals surface area contributed by atoms with Crippen LogP contribution in [0.5, 0.6) is 0 Å². The number of nitrogens with one attached hydrogen (secondary N) is 1. The highest BCUT2D eigenvalue weighted by atomic mass is 16.2. The molecule has 0 aromatic carbocycles. The van der Waals surface area contributed by atoms with Crippen molar-refractivity contribution in [1.29, 1.82) is 0 Å². The molecule has 0 aliphatic carbocycles. The van der Waals surface area contributed by atoms with Crippen LogP contribution < -0.4 is 11.1 Å². The van der Waals surface area contributed by atoms with Gasteiger partial charge in [0.1, 0.15) is 11.5 Å². The molecule has 18 heavy (non-hydrogen) atoms. The van der Waals surface area contributed by atoms with Crippen LogP contribution in [0.1, 0.15) is 23.1 Å². The monoisotopic (exact) mass is 245 g/mol. The number of pyridine rings is 1. The van der Waals surface area contributed by atoms with Crippen LogP contribution in [-0.4, -0.2) is 20.7 Å². The molecule has 6 heteroatoms. The van der Waals surface area contributed by atoms with Crippen LogP contribution in [0, 0.1) is 6.92 Å². The van der Waals surface area contributed by atoms with Gasteiger partial charge in [0.05, 0.1) is 17.6 Å². The van der Waals surface area contributed by atoms with E-state index in [9.17, 15) is 4.79 Å².